The van der Waals surface area contributed by atoms with Crippen molar-refractivity contribution in [2.24, 2.45) is 0 Å². The molecule has 0 unspecified atom stereocenters. The Kier molecular flexibility index (Phi) is 7.03. The molecule has 22 heavy (non-hydrogen) atoms. The minimum atomic E-state index is -0.163. The molecule has 1 fully saturated rings. The van der Waals surface area contributed by atoms with Gasteiger partial charge in [-0.3, -0.25) is 0 Å². The zero-order chi connectivity index (χ0) is 15.6. The summed E-state index contributed by atoms with van der Waals surface area (Å²) in [4.78, 5) is 14.3. The Morgan fingerprint density at radius 1 is 1.23 bits per heavy atom. The van der Waals surface area contributed by atoms with Gasteiger partial charge in [0.15, 0.2) is 0 Å². The zero-order valence-electron chi connectivity index (χ0n) is 13.4. The van der Waals surface area contributed by atoms with Crippen molar-refractivity contribution in [2.75, 3.05) is 43.6 Å². The molecule has 122 valence electrons. The van der Waals surface area contributed by atoms with Crippen LogP contribution in [0.1, 0.15) is 32.1 Å². The highest BCUT2D eigenvalue weighted by atomic mass is 16.5. The molecule has 1 aliphatic heterocycles. The molecule has 5 nitrogen and oxygen atoms in total. The minimum absolute atomic E-state index is 0.163. The fraction of sp³-hybridized carbons (Fsp3) is 0.588. The Morgan fingerprint density at radius 2 is 2.00 bits per heavy atom. The number of benzene rings is 1. The zero-order valence-corrected chi connectivity index (χ0v) is 13.4. The number of urea groups is 1. The lowest BCUT2D eigenvalue weighted by Crippen LogP contribution is -2.30. The van der Waals surface area contributed by atoms with E-state index in [9.17, 15) is 4.79 Å². The number of hydrogen-bond acceptors (Lipinski definition) is 3. The van der Waals surface area contributed by atoms with Crippen LogP contribution in [0.2, 0.25) is 0 Å². The van der Waals surface area contributed by atoms with Crippen LogP contribution in [0.4, 0.5) is 16.2 Å². The molecule has 2 amide bonds. The molecule has 1 aromatic carbocycles. The van der Waals surface area contributed by atoms with Gasteiger partial charge in [-0.2, -0.15) is 0 Å². The van der Waals surface area contributed by atoms with E-state index in [1.54, 1.807) is 7.11 Å². The largest absolute Gasteiger partial charge is 0.385 e. The van der Waals surface area contributed by atoms with E-state index in [-0.39, 0.29) is 6.03 Å². The van der Waals surface area contributed by atoms with Crippen LogP contribution >= 0.6 is 0 Å². The lowest BCUT2D eigenvalue weighted by Gasteiger charge is -2.23. The third-order valence-corrected chi connectivity index (χ3v) is 3.89. The summed E-state index contributed by atoms with van der Waals surface area (Å²) < 4.78 is 4.96. The number of methoxy groups -OCH3 is 1. The van der Waals surface area contributed by atoms with Gasteiger partial charge in [-0.05, 0) is 37.5 Å². The summed E-state index contributed by atoms with van der Waals surface area (Å²) in [6, 6.07) is 7.94. The van der Waals surface area contributed by atoms with Crippen molar-refractivity contribution in [2.45, 2.75) is 32.1 Å². The van der Waals surface area contributed by atoms with Crippen LogP contribution in [0.5, 0.6) is 0 Å². The molecule has 1 aliphatic rings. The topological polar surface area (TPSA) is 53.6 Å². The maximum Gasteiger partial charge on any atom is 0.319 e. The highest BCUT2D eigenvalue weighted by molar-refractivity contribution is 5.89. The smallest absolute Gasteiger partial charge is 0.319 e. The van der Waals surface area contributed by atoms with Gasteiger partial charge in [0.1, 0.15) is 0 Å². The number of carbonyl (C=O) groups excluding carboxylic acids is 1. The van der Waals surface area contributed by atoms with Crippen LogP contribution < -0.4 is 15.5 Å². The summed E-state index contributed by atoms with van der Waals surface area (Å²) in [5.41, 5.74) is 2.03. The summed E-state index contributed by atoms with van der Waals surface area (Å²) >= 11 is 0. The molecule has 0 saturated carbocycles. The maximum absolute atomic E-state index is 11.8. The second-order valence-electron chi connectivity index (χ2n) is 5.68. The number of carbonyl (C=O) groups is 1. The summed E-state index contributed by atoms with van der Waals surface area (Å²) in [5, 5.41) is 5.73. The van der Waals surface area contributed by atoms with Crippen LogP contribution in [-0.4, -0.2) is 39.4 Å². The standard InChI is InChI=1S/C17H27N3O2/c1-22-13-7-10-18-17(21)19-15-8-6-9-16(14-15)20-11-4-2-3-5-12-20/h6,8-9,14H,2-5,7,10-13H2,1H3,(H2,18,19,21). The molecule has 1 heterocycles. The van der Waals surface area contributed by atoms with E-state index >= 15 is 0 Å². The molecule has 0 aliphatic carbocycles. The number of anilines is 2. The van der Waals surface area contributed by atoms with Crippen LogP contribution in [0.3, 0.4) is 0 Å². The van der Waals surface area contributed by atoms with Gasteiger partial charge in [-0.15, -0.1) is 0 Å². The van der Waals surface area contributed by atoms with Crippen LogP contribution in [0.15, 0.2) is 24.3 Å². The number of nitrogens with zero attached hydrogens (tertiary/aromatic N) is 1. The van der Waals surface area contributed by atoms with Crippen molar-refractivity contribution in [3.63, 3.8) is 0 Å². The van der Waals surface area contributed by atoms with Gasteiger partial charge in [-0.1, -0.05) is 18.9 Å². The molecule has 0 radical (unpaired) electrons. The Morgan fingerprint density at radius 3 is 2.73 bits per heavy atom. The number of ether oxygens (including phenoxy) is 1. The second kappa shape index (κ2) is 9.30. The lowest BCUT2D eigenvalue weighted by molar-refractivity contribution is 0.194. The SMILES string of the molecule is COCCCNC(=O)Nc1cccc(N2CCCCCC2)c1. The molecule has 2 N–H and O–H groups in total. The van der Waals surface area contributed by atoms with Gasteiger partial charge in [0.2, 0.25) is 0 Å². The molecule has 2 rings (SSSR count). The predicted octanol–water partition coefficient (Wildman–Crippen LogP) is 3.23. The molecule has 0 bridgehead atoms. The van der Waals surface area contributed by atoms with Crippen molar-refractivity contribution in [3.8, 4) is 0 Å². The van der Waals surface area contributed by atoms with Crippen molar-refractivity contribution in [1.29, 1.82) is 0 Å². The summed E-state index contributed by atoms with van der Waals surface area (Å²) in [5.74, 6) is 0. The van der Waals surface area contributed by atoms with Crippen LogP contribution in [0, 0.1) is 0 Å². The molecule has 0 atom stereocenters. The summed E-state index contributed by atoms with van der Waals surface area (Å²) in [6.45, 7) is 3.48. The summed E-state index contributed by atoms with van der Waals surface area (Å²) in [6.07, 6.45) is 5.95. The van der Waals surface area contributed by atoms with Crippen molar-refractivity contribution >= 4 is 17.4 Å². The molecule has 0 spiro atoms. The molecule has 1 saturated heterocycles. The monoisotopic (exact) mass is 305 g/mol. The van der Waals surface area contributed by atoms with Crippen molar-refractivity contribution < 1.29 is 9.53 Å². The normalized spacial score (nSPS) is 15.2. The van der Waals surface area contributed by atoms with E-state index in [2.05, 4.69) is 27.7 Å². The van der Waals surface area contributed by atoms with Gasteiger partial charge in [0.25, 0.3) is 0 Å². The number of rotatable bonds is 6. The predicted molar refractivity (Wildman–Crippen MR) is 90.6 cm³/mol. The first-order chi connectivity index (χ1) is 10.8. The van der Waals surface area contributed by atoms with Crippen molar-refractivity contribution in [3.05, 3.63) is 24.3 Å². The van der Waals surface area contributed by atoms with Crippen molar-refractivity contribution in [1.82, 2.24) is 5.32 Å². The van der Waals surface area contributed by atoms with E-state index < -0.39 is 0 Å². The van der Waals surface area contributed by atoms with E-state index in [4.69, 9.17) is 4.74 Å². The Bertz CT molecular complexity index is 457. The molecule has 0 aromatic heterocycles. The third-order valence-electron chi connectivity index (χ3n) is 3.89. The fourth-order valence-corrected chi connectivity index (χ4v) is 2.70. The highest BCUT2D eigenvalue weighted by Gasteiger charge is 2.10. The second-order valence-corrected chi connectivity index (χ2v) is 5.68. The Labute approximate surface area is 133 Å². The first-order valence-electron chi connectivity index (χ1n) is 8.18. The van der Waals surface area contributed by atoms with Gasteiger partial charge in [0, 0.05) is 44.7 Å². The average molecular weight is 305 g/mol. The molecular formula is C17H27N3O2. The minimum Gasteiger partial charge on any atom is -0.385 e. The van der Waals surface area contributed by atoms with Gasteiger partial charge in [-0.25, -0.2) is 4.79 Å². The third kappa shape index (κ3) is 5.56. The Hall–Kier alpha value is -1.75. The van der Waals surface area contributed by atoms with E-state index in [1.807, 2.05) is 12.1 Å². The van der Waals surface area contributed by atoms with E-state index in [0.29, 0.717) is 13.2 Å². The number of nitrogens with one attached hydrogen (secondary N) is 2. The van der Waals surface area contributed by atoms with Gasteiger partial charge in [0.05, 0.1) is 0 Å². The molecule has 5 heteroatoms. The average Bonchev–Trinajstić information content (AvgIpc) is 2.81. The number of amides is 2. The van der Waals surface area contributed by atoms with E-state index in [1.165, 1.54) is 31.4 Å². The molecule has 1 aromatic rings. The van der Waals surface area contributed by atoms with Crippen LogP contribution in [-0.2, 0) is 4.74 Å². The van der Waals surface area contributed by atoms with E-state index in [0.717, 1.165) is 25.2 Å². The Balaban J connectivity index is 1.86. The quantitative estimate of drug-likeness (QED) is 0.793. The van der Waals surface area contributed by atoms with Gasteiger partial charge >= 0.3 is 6.03 Å². The fourth-order valence-electron chi connectivity index (χ4n) is 2.70. The molecular weight excluding hydrogens is 278 g/mol. The van der Waals surface area contributed by atoms with Gasteiger partial charge < -0.3 is 20.3 Å². The first-order valence-corrected chi connectivity index (χ1v) is 8.18. The highest BCUT2D eigenvalue weighted by Crippen LogP contribution is 2.22. The summed E-state index contributed by atoms with van der Waals surface area (Å²) in [7, 11) is 1.66. The first kappa shape index (κ1) is 16.6. The van der Waals surface area contributed by atoms with Crippen LogP contribution in [0.25, 0.3) is 0 Å². The number of hydrogen-bond donors (Lipinski definition) is 2. The maximum atomic E-state index is 11.8. The lowest BCUT2D eigenvalue weighted by atomic mass is 10.2.